The van der Waals surface area contributed by atoms with E-state index in [0.717, 1.165) is 0 Å². The molecule has 112 valence electrons. The van der Waals surface area contributed by atoms with E-state index in [1.54, 1.807) is 0 Å². The Morgan fingerprint density at radius 1 is 1.29 bits per heavy atom. The second-order valence-electron chi connectivity index (χ2n) is 4.15. The van der Waals surface area contributed by atoms with Crippen LogP contribution in [0.15, 0.2) is 12.1 Å². The number of amides is 1. The highest BCUT2D eigenvalue weighted by molar-refractivity contribution is 6.32. The van der Waals surface area contributed by atoms with Crippen molar-refractivity contribution in [3.63, 3.8) is 0 Å². The van der Waals surface area contributed by atoms with Crippen molar-refractivity contribution in [3.05, 3.63) is 22.7 Å². The van der Waals surface area contributed by atoms with Crippen LogP contribution >= 0.6 is 11.6 Å². The van der Waals surface area contributed by atoms with Crippen molar-refractivity contribution in [2.75, 3.05) is 6.79 Å². The van der Waals surface area contributed by atoms with E-state index in [1.807, 2.05) is 0 Å². The highest BCUT2D eigenvalue weighted by atomic mass is 35.5. The van der Waals surface area contributed by atoms with Gasteiger partial charge in [-0.05, 0) is 12.1 Å². The maximum Gasteiger partial charge on any atom is 0.326 e. The lowest BCUT2D eigenvalue weighted by atomic mass is 10.1. The van der Waals surface area contributed by atoms with E-state index < -0.39 is 30.3 Å². The second-order valence-corrected chi connectivity index (χ2v) is 4.56. The Morgan fingerprint density at radius 3 is 2.62 bits per heavy atom. The molecule has 0 aromatic heterocycles. The van der Waals surface area contributed by atoms with Crippen LogP contribution in [0.4, 0.5) is 0 Å². The van der Waals surface area contributed by atoms with Crippen LogP contribution in [0.5, 0.6) is 11.5 Å². The number of benzene rings is 1. The molecule has 0 spiro atoms. The SMILES string of the molecule is O=C(O)C[C@@H](NC(=O)c1cc(Cl)c2c(c1)OCO2)C(=O)O. The molecule has 0 radical (unpaired) electrons. The number of carbonyl (C=O) groups is 3. The monoisotopic (exact) mass is 315 g/mol. The smallest absolute Gasteiger partial charge is 0.326 e. The van der Waals surface area contributed by atoms with E-state index in [1.165, 1.54) is 12.1 Å². The second kappa shape index (κ2) is 5.88. The van der Waals surface area contributed by atoms with Crippen LogP contribution in [0.25, 0.3) is 0 Å². The molecule has 1 aliphatic rings. The van der Waals surface area contributed by atoms with E-state index >= 15 is 0 Å². The minimum Gasteiger partial charge on any atom is -0.481 e. The van der Waals surface area contributed by atoms with E-state index in [2.05, 4.69) is 5.32 Å². The van der Waals surface area contributed by atoms with Crippen LogP contribution in [0.2, 0.25) is 5.02 Å². The Kier molecular flexibility index (Phi) is 4.18. The lowest BCUT2D eigenvalue weighted by Gasteiger charge is -2.13. The van der Waals surface area contributed by atoms with Gasteiger partial charge in [-0.25, -0.2) is 4.79 Å². The molecular weight excluding hydrogens is 306 g/mol. The summed E-state index contributed by atoms with van der Waals surface area (Å²) in [5, 5.41) is 19.7. The van der Waals surface area contributed by atoms with Gasteiger partial charge in [-0.2, -0.15) is 0 Å². The molecule has 9 heteroatoms. The Labute approximate surface area is 123 Å². The largest absolute Gasteiger partial charge is 0.481 e. The molecule has 0 saturated carbocycles. The Balaban J connectivity index is 2.18. The van der Waals surface area contributed by atoms with Gasteiger partial charge >= 0.3 is 11.9 Å². The molecule has 0 saturated heterocycles. The van der Waals surface area contributed by atoms with E-state index in [-0.39, 0.29) is 23.1 Å². The van der Waals surface area contributed by atoms with Crippen molar-refractivity contribution in [1.82, 2.24) is 5.32 Å². The van der Waals surface area contributed by atoms with Crippen molar-refractivity contribution >= 4 is 29.4 Å². The molecule has 0 unspecified atom stereocenters. The van der Waals surface area contributed by atoms with Gasteiger partial charge in [-0.3, -0.25) is 9.59 Å². The van der Waals surface area contributed by atoms with E-state index in [0.29, 0.717) is 5.75 Å². The molecule has 0 bridgehead atoms. The molecule has 2 rings (SSSR count). The van der Waals surface area contributed by atoms with Crippen molar-refractivity contribution in [1.29, 1.82) is 0 Å². The summed E-state index contributed by atoms with van der Waals surface area (Å²) < 4.78 is 10.2. The molecule has 1 aromatic carbocycles. The summed E-state index contributed by atoms with van der Waals surface area (Å²) in [5.41, 5.74) is 0.0425. The zero-order valence-electron chi connectivity index (χ0n) is 10.5. The van der Waals surface area contributed by atoms with Crippen molar-refractivity contribution < 1.29 is 34.1 Å². The van der Waals surface area contributed by atoms with Crippen LogP contribution < -0.4 is 14.8 Å². The number of hydrogen-bond donors (Lipinski definition) is 3. The maximum atomic E-state index is 12.0. The first kappa shape index (κ1) is 14.9. The fraction of sp³-hybridized carbons (Fsp3) is 0.250. The predicted octanol–water partition coefficient (Wildman–Crippen LogP) is 0.726. The topological polar surface area (TPSA) is 122 Å². The van der Waals surface area contributed by atoms with Crippen LogP contribution in [0.3, 0.4) is 0 Å². The van der Waals surface area contributed by atoms with Gasteiger partial charge in [0, 0.05) is 5.56 Å². The van der Waals surface area contributed by atoms with Gasteiger partial charge < -0.3 is 25.0 Å². The third-order valence-corrected chi connectivity index (χ3v) is 2.95. The quantitative estimate of drug-likeness (QED) is 0.732. The number of halogens is 1. The lowest BCUT2D eigenvalue weighted by Crippen LogP contribution is -2.42. The van der Waals surface area contributed by atoms with Gasteiger partial charge in [-0.15, -0.1) is 0 Å². The minimum absolute atomic E-state index is 0.0309. The molecule has 0 aliphatic carbocycles. The average Bonchev–Trinajstić information content (AvgIpc) is 2.85. The maximum absolute atomic E-state index is 12.0. The zero-order chi connectivity index (χ0) is 15.6. The summed E-state index contributed by atoms with van der Waals surface area (Å²) >= 11 is 5.91. The molecule has 1 atom stereocenters. The summed E-state index contributed by atoms with van der Waals surface area (Å²) in [5.74, 6) is -3.00. The molecular formula is C12H10ClNO7. The number of nitrogens with one attached hydrogen (secondary N) is 1. The third kappa shape index (κ3) is 3.34. The number of carboxylic acid groups (broad SMARTS) is 2. The number of aliphatic carboxylic acids is 2. The average molecular weight is 316 g/mol. The zero-order valence-corrected chi connectivity index (χ0v) is 11.2. The first-order valence-corrected chi connectivity index (χ1v) is 6.11. The first-order chi connectivity index (χ1) is 9.88. The summed E-state index contributed by atoms with van der Waals surface area (Å²) in [4.78, 5) is 33.4. The van der Waals surface area contributed by atoms with Crippen LogP contribution in [0, 0.1) is 0 Å². The Bertz CT molecular complexity index is 616. The fourth-order valence-electron chi connectivity index (χ4n) is 1.71. The van der Waals surface area contributed by atoms with Crippen LogP contribution in [0.1, 0.15) is 16.8 Å². The number of carboxylic acids is 2. The van der Waals surface area contributed by atoms with Gasteiger partial charge in [0.1, 0.15) is 6.04 Å². The van der Waals surface area contributed by atoms with Gasteiger partial charge in [0.05, 0.1) is 11.4 Å². The molecule has 3 N–H and O–H groups in total. The van der Waals surface area contributed by atoms with E-state index in [9.17, 15) is 14.4 Å². The molecule has 21 heavy (non-hydrogen) atoms. The highest BCUT2D eigenvalue weighted by Gasteiger charge is 2.26. The van der Waals surface area contributed by atoms with Gasteiger partial charge in [0.2, 0.25) is 6.79 Å². The fourth-order valence-corrected chi connectivity index (χ4v) is 1.98. The summed E-state index contributed by atoms with van der Waals surface area (Å²) in [7, 11) is 0. The summed E-state index contributed by atoms with van der Waals surface area (Å²) in [6.07, 6.45) is -0.737. The van der Waals surface area contributed by atoms with Crippen molar-refractivity contribution in [2.45, 2.75) is 12.5 Å². The van der Waals surface area contributed by atoms with Crippen molar-refractivity contribution in [2.24, 2.45) is 0 Å². The van der Waals surface area contributed by atoms with Gasteiger partial charge in [-0.1, -0.05) is 11.6 Å². The Hall–Kier alpha value is -2.48. The summed E-state index contributed by atoms with van der Waals surface area (Å²) in [6.45, 7) is -0.0309. The standard InChI is InChI=1S/C12H10ClNO7/c13-6-1-5(2-8-10(6)21-4-20-8)11(17)14-7(12(18)19)3-9(15)16/h1-2,7H,3-4H2,(H,14,17)(H,15,16)(H,18,19)/t7-/m1/s1. The lowest BCUT2D eigenvalue weighted by molar-refractivity contribution is -0.145. The highest BCUT2D eigenvalue weighted by Crippen LogP contribution is 2.39. The molecule has 8 nitrogen and oxygen atoms in total. The normalized spacial score (nSPS) is 13.6. The molecule has 1 amide bonds. The minimum atomic E-state index is -1.54. The molecule has 1 heterocycles. The van der Waals surface area contributed by atoms with Crippen molar-refractivity contribution in [3.8, 4) is 11.5 Å². The van der Waals surface area contributed by atoms with Crippen LogP contribution in [-0.2, 0) is 9.59 Å². The number of carbonyl (C=O) groups excluding carboxylic acids is 1. The number of rotatable bonds is 5. The number of hydrogen-bond acceptors (Lipinski definition) is 5. The van der Waals surface area contributed by atoms with Crippen LogP contribution in [-0.4, -0.2) is 40.9 Å². The molecule has 0 fully saturated rings. The predicted molar refractivity (Wildman–Crippen MR) is 68.7 cm³/mol. The Morgan fingerprint density at radius 2 is 2.00 bits per heavy atom. The molecule has 1 aliphatic heterocycles. The summed E-state index contributed by atoms with van der Waals surface area (Å²) in [6, 6.07) is 1.08. The first-order valence-electron chi connectivity index (χ1n) is 5.73. The van der Waals surface area contributed by atoms with Gasteiger partial charge in [0.15, 0.2) is 11.5 Å². The number of fused-ring (bicyclic) bond motifs is 1. The van der Waals surface area contributed by atoms with E-state index in [4.69, 9.17) is 31.3 Å². The third-order valence-electron chi connectivity index (χ3n) is 2.67. The van der Waals surface area contributed by atoms with Gasteiger partial charge in [0.25, 0.3) is 5.91 Å². The molecule has 1 aromatic rings. The number of ether oxygens (including phenoxy) is 2.